The molecule has 2 fully saturated rings. The van der Waals surface area contributed by atoms with Gasteiger partial charge in [-0.3, -0.25) is 4.79 Å². The average Bonchev–Trinajstić information content (AvgIpc) is 2.44. The van der Waals surface area contributed by atoms with Crippen LogP contribution in [0, 0.1) is 0 Å². The zero-order valence-corrected chi connectivity index (χ0v) is 12.2. The Labute approximate surface area is 132 Å². The van der Waals surface area contributed by atoms with Crippen LogP contribution in [-0.2, 0) is 19.1 Å². The summed E-state index contributed by atoms with van der Waals surface area (Å²) in [6, 6.07) is 0. The zero-order valence-electron chi connectivity index (χ0n) is 12.2. The maximum absolute atomic E-state index is 12.6. The first kappa shape index (κ1) is 18.8. The molecule has 2 rings (SSSR count). The van der Waals surface area contributed by atoms with Crippen molar-refractivity contribution in [2.24, 2.45) is 0 Å². The van der Waals surface area contributed by atoms with E-state index in [2.05, 4.69) is 10.1 Å². The number of esters is 1. The number of hydrogen-bond donors (Lipinski definition) is 1. The molecular weight excluding hydrogens is 350 g/mol. The third kappa shape index (κ3) is 4.29. The van der Waals surface area contributed by atoms with Crippen LogP contribution in [0.2, 0.25) is 0 Å². The summed E-state index contributed by atoms with van der Waals surface area (Å²) in [5, 5.41) is 2.92. The molecule has 0 radical (unpaired) electrons. The topological polar surface area (TPSA) is 67.9 Å². The van der Waals surface area contributed by atoms with E-state index < -0.39 is 49.2 Å². The minimum atomic E-state index is -5.32. The largest absolute Gasteiger partial charge is 0.491 e. The minimum absolute atomic E-state index is 0.161. The molecule has 1 amide bonds. The number of rotatable bonds is 1. The fourth-order valence-electron chi connectivity index (χ4n) is 2.69. The first-order valence-corrected chi connectivity index (χ1v) is 6.95. The number of carbonyl (C=O) groups is 2. The number of ether oxygens (including phenoxy) is 2. The third-order valence-electron chi connectivity index (χ3n) is 3.74. The number of halogens is 6. The molecule has 0 aromatic carbocycles. The second kappa shape index (κ2) is 6.39. The van der Waals surface area contributed by atoms with E-state index in [9.17, 15) is 35.9 Å². The van der Waals surface area contributed by atoms with Crippen molar-refractivity contribution < 1.29 is 45.4 Å². The molecule has 1 unspecified atom stereocenters. The quantitative estimate of drug-likeness (QED) is 0.555. The molecule has 0 aromatic rings. The van der Waals surface area contributed by atoms with Crippen LogP contribution in [0.5, 0.6) is 0 Å². The van der Waals surface area contributed by atoms with Gasteiger partial charge in [0, 0.05) is 0 Å². The maximum Gasteiger partial charge on any atom is 0.491 e. The van der Waals surface area contributed by atoms with Gasteiger partial charge in [-0.05, 0) is 25.9 Å². The summed E-state index contributed by atoms with van der Waals surface area (Å²) >= 11 is 0. The Morgan fingerprint density at radius 3 is 2.17 bits per heavy atom. The van der Waals surface area contributed by atoms with Crippen LogP contribution in [0.1, 0.15) is 12.8 Å². The predicted molar refractivity (Wildman–Crippen MR) is 64.5 cm³/mol. The molecule has 2 aliphatic rings. The molecule has 6 nitrogen and oxygen atoms in total. The van der Waals surface area contributed by atoms with E-state index in [0.29, 0.717) is 18.0 Å². The summed E-state index contributed by atoms with van der Waals surface area (Å²) in [6.07, 6.45) is -12.1. The van der Waals surface area contributed by atoms with Gasteiger partial charge in [-0.2, -0.15) is 26.3 Å². The molecule has 12 heteroatoms. The van der Waals surface area contributed by atoms with E-state index >= 15 is 0 Å². The Hall–Kier alpha value is -1.56. The summed E-state index contributed by atoms with van der Waals surface area (Å²) < 4.78 is 84.2. The summed E-state index contributed by atoms with van der Waals surface area (Å²) in [6.45, 7) is -0.676. The predicted octanol–water partition coefficient (Wildman–Crippen LogP) is 0.961. The summed E-state index contributed by atoms with van der Waals surface area (Å²) in [5.41, 5.74) is -1.29. The second-order valence-electron chi connectivity index (χ2n) is 5.57. The fraction of sp³-hybridized carbons (Fsp3) is 0.833. The second-order valence-corrected chi connectivity index (χ2v) is 5.57. The number of hydrogen-bond acceptors (Lipinski definition) is 5. The van der Waals surface area contributed by atoms with Gasteiger partial charge in [-0.1, -0.05) is 0 Å². The van der Waals surface area contributed by atoms with Crippen molar-refractivity contribution in [1.29, 1.82) is 0 Å². The van der Waals surface area contributed by atoms with E-state index in [1.807, 2.05) is 0 Å². The lowest BCUT2D eigenvalue weighted by Gasteiger charge is -2.47. The highest BCUT2D eigenvalue weighted by molar-refractivity contribution is 5.82. The van der Waals surface area contributed by atoms with Crippen LogP contribution in [0.15, 0.2) is 0 Å². The molecule has 2 saturated heterocycles. The Morgan fingerprint density at radius 2 is 1.67 bits per heavy atom. The van der Waals surface area contributed by atoms with Crippen LogP contribution in [0.4, 0.5) is 26.3 Å². The van der Waals surface area contributed by atoms with Gasteiger partial charge in [-0.15, -0.1) is 0 Å². The molecule has 24 heavy (non-hydrogen) atoms. The van der Waals surface area contributed by atoms with Gasteiger partial charge >= 0.3 is 24.2 Å². The number of nitrogens with zero attached hydrogens (tertiary/aromatic N) is 1. The number of nitrogens with one attached hydrogen (secondary N) is 1. The molecule has 0 bridgehead atoms. The maximum atomic E-state index is 12.6. The number of morpholine rings is 1. The van der Waals surface area contributed by atoms with Crippen molar-refractivity contribution in [3.63, 3.8) is 0 Å². The lowest BCUT2D eigenvalue weighted by molar-refractivity contribution is -0.272. The van der Waals surface area contributed by atoms with Crippen molar-refractivity contribution >= 4 is 11.9 Å². The molecule has 2 heterocycles. The molecule has 0 saturated carbocycles. The highest BCUT2D eigenvalue weighted by Crippen LogP contribution is 2.33. The fourth-order valence-corrected chi connectivity index (χ4v) is 2.69. The SMILES string of the molecule is O=C(OC1CN(C(=O)C(F)(F)F)CC2(CCNCC2)O1)C(F)(F)F. The summed E-state index contributed by atoms with van der Waals surface area (Å²) in [7, 11) is 0. The van der Waals surface area contributed by atoms with Crippen LogP contribution in [-0.4, -0.2) is 67.2 Å². The monoisotopic (exact) mass is 364 g/mol. The number of piperidine rings is 1. The van der Waals surface area contributed by atoms with E-state index in [-0.39, 0.29) is 12.8 Å². The molecule has 0 aliphatic carbocycles. The van der Waals surface area contributed by atoms with Crippen molar-refractivity contribution in [2.75, 3.05) is 26.2 Å². The molecule has 1 spiro atoms. The van der Waals surface area contributed by atoms with Crippen molar-refractivity contribution in [3.05, 3.63) is 0 Å². The molecule has 0 aromatic heterocycles. The van der Waals surface area contributed by atoms with Crippen molar-refractivity contribution in [1.82, 2.24) is 10.2 Å². The Bertz CT molecular complexity index is 501. The number of amides is 1. The number of carbonyl (C=O) groups excluding carboxylic acids is 2. The third-order valence-corrected chi connectivity index (χ3v) is 3.74. The molecule has 1 atom stereocenters. The number of alkyl halides is 6. The van der Waals surface area contributed by atoms with Crippen LogP contribution >= 0.6 is 0 Å². The normalized spacial score (nSPS) is 24.8. The first-order valence-electron chi connectivity index (χ1n) is 6.95. The van der Waals surface area contributed by atoms with E-state index in [4.69, 9.17) is 4.74 Å². The lowest BCUT2D eigenvalue weighted by Crippen LogP contribution is -2.62. The molecular formula is C12H14F6N2O4. The Morgan fingerprint density at radius 1 is 1.08 bits per heavy atom. The average molecular weight is 364 g/mol. The lowest BCUT2D eigenvalue weighted by atomic mass is 9.90. The molecule has 138 valence electrons. The standard InChI is InChI=1S/C12H14F6N2O4/c13-11(14,15)8(21)20-5-7(23-9(22)12(16,17)18)24-10(6-20)1-3-19-4-2-10/h7,19H,1-6H2. The van der Waals surface area contributed by atoms with Gasteiger partial charge in [0.1, 0.15) is 0 Å². The van der Waals surface area contributed by atoms with E-state index in [0.717, 1.165) is 0 Å². The highest BCUT2D eigenvalue weighted by Gasteiger charge is 2.52. The van der Waals surface area contributed by atoms with Crippen LogP contribution in [0.25, 0.3) is 0 Å². The zero-order chi connectivity index (χ0) is 18.2. The Balaban J connectivity index is 2.18. The van der Waals surface area contributed by atoms with E-state index in [1.54, 1.807) is 0 Å². The van der Waals surface area contributed by atoms with Gasteiger partial charge in [0.05, 0.1) is 18.7 Å². The van der Waals surface area contributed by atoms with Crippen LogP contribution in [0.3, 0.4) is 0 Å². The van der Waals surface area contributed by atoms with Crippen molar-refractivity contribution in [2.45, 2.75) is 37.1 Å². The Kier molecular flexibility index (Phi) is 5.00. The first-order chi connectivity index (χ1) is 10.9. The van der Waals surface area contributed by atoms with Gasteiger partial charge in [0.15, 0.2) is 0 Å². The molecule has 2 aliphatic heterocycles. The van der Waals surface area contributed by atoms with E-state index in [1.165, 1.54) is 0 Å². The van der Waals surface area contributed by atoms with Gasteiger partial charge in [-0.25, -0.2) is 4.79 Å². The smallest absolute Gasteiger partial charge is 0.427 e. The highest BCUT2D eigenvalue weighted by atomic mass is 19.4. The minimum Gasteiger partial charge on any atom is -0.427 e. The van der Waals surface area contributed by atoms with Crippen molar-refractivity contribution in [3.8, 4) is 0 Å². The van der Waals surface area contributed by atoms with Crippen LogP contribution < -0.4 is 5.32 Å². The summed E-state index contributed by atoms with van der Waals surface area (Å²) in [5.74, 6) is -4.80. The van der Waals surface area contributed by atoms with Gasteiger partial charge < -0.3 is 19.7 Å². The van der Waals surface area contributed by atoms with Gasteiger partial charge in [0.2, 0.25) is 6.29 Å². The molecule has 1 N–H and O–H groups in total. The van der Waals surface area contributed by atoms with Gasteiger partial charge in [0.25, 0.3) is 0 Å². The summed E-state index contributed by atoms with van der Waals surface area (Å²) in [4.78, 5) is 22.7.